The van der Waals surface area contributed by atoms with Crippen LogP contribution in [0.4, 0.5) is 5.69 Å². The van der Waals surface area contributed by atoms with Gasteiger partial charge in [0.1, 0.15) is 5.71 Å². The van der Waals surface area contributed by atoms with Crippen LogP contribution in [0.3, 0.4) is 0 Å². The summed E-state index contributed by atoms with van der Waals surface area (Å²) in [5.41, 5.74) is 1.73. The van der Waals surface area contributed by atoms with Gasteiger partial charge in [0, 0.05) is 18.9 Å². The fourth-order valence-corrected chi connectivity index (χ4v) is 2.65. The molecule has 0 fully saturated rings. The molecule has 0 radical (unpaired) electrons. The number of hydrogen-bond acceptors (Lipinski definition) is 5. The molecule has 1 aromatic carbocycles. The van der Waals surface area contributed by atoms with E-state index in [9.17, 15) is 9.59 Å². The molecular formula is C19H24N4O3. The second kappa shape index (κ2) is 10.1. The summed E-state index contributed by atoms with van der Waals surface area (Å²) in [5, 5.41) is 18.1. The van der Waals surface area contributed by atoms with Crippen LogP contribution in [-0.4, -0.2) is 34.8 Å². The number of amides is 2. The Kier molecular flexibility index (Phi) is 7.54. The number of anilines is 1. The molecule has 7 nitrogen and oxygen atoms in total. The zero-order valence-electron chi connectivity index (χ0n) is 14.9. The monoisotopic (exact) mass is 356 g/mol. The van der Waals surface area contributed by atoms with E-state index in [-0.39, 0.29) is 17.5 Å². The quantitative estimate of drug-likeness (QED) is 0.278. The van der Waals surface area contributed by atoms with Gasteiger partial charge in [0.25, 0.3) is 5.91 Å². The minimum atomic E-state index is -0.365. The van der Waals surface area contributed by atoms with Crippen LogP contribution in [0.1, 0.15) is 38.5 Å². The number of hydrogen-bond donors (Lipinski definition) is 3. The van der Waals surface area contributed by atoms with Crippen LogP contribution in [0.2, 0.25) is 0 Å². The lowest BCUT2D eigenvalue weighted by atomic mass is 10.1. The Morgan fingerprint density at radius 1 is 1.12 bits per heavy atom. The van der Waals surface area contributed by atoms with Crippen molar-refractivity contribution < 1.29 is 14.8 Å². The number of oxime groups is 1. The fourth-order valence-electron chi connectivity index (χ4n) is 2.65. The van der Waals surface area contributed by atoms with E-state index in [4.69, 9.17) is 5.21 Å². The van der Waals surface area contributed by atoms with E-state index in [0.717, 1.165) is 36.6 Å². The topological polar surface area (TPSA) is 104 Å². The molecule has 138 valence electrons. The summed E-state index contributed by atoms with van der Waals surface area (Å²) >= 11 is 0. The van der Waals surface area contributed by atoms with Crippen LogP contribution < -0.4 is 10.6 Å². The van der Waals surface area contributed by atoms with E-state index in [0.29, 0.717) is 18.5 Å². The third kappa shape index (κ3) is 5.84. The summed E-state index contributed by atoms with van der Waals surface area (Å²) in [6.07, 6.45) is 5.75. The normalized spacial score (nSPS) is 11.3. The molecule has 0 saturated heterocycles. The van der Waals surface area contributed by atoms with Crippen LogP contribution in [0.5, 0.6) is 0 Å². The summed E-state index contributed by atoms with van der Waals surface area (Å²) in [4.78, 5) is 27.7. The number of nitrogens with one attached hydrogen (secondary N) is 2. The fraction of sp³-hybridized carbons (Fsp3) is 0.368. The average Bonchev–Trinajstić information content (AvgIpc) is 2.66. The molecule has 0 saturated carbocycles. The van der Waals surface area contributed by atoms with Gasteiger partial charge >= 0.3 is 0 Å². The van der Waals surface area contributed by atoms with Crippen LogP contribution in [0.25, 0.3) is 10.9 Å². The Bertz CT molecular complexity index is 789. The largest absolute Gasteiger partial charge is 0.410 e. The molecule has 26 heavy (non-hydrogen) atoms. The van der Waals surface area contributed by atoms with E-state index >= 15 is 0 Å². The van der Waals surface area contributed by atoms with Crippen molar-refractivity contribution in [3.8, 4) is 0 Å². The molecule has 0 aliphatic heterocycles. The zero-order chi connectivity index (χ0) is 18.8. The lowest BCUT2D eigenvalue weighted by molar-refractivity contribution is -0.116. The number of para-hydroxylation sites is 1. The number of carbonyl (C=O) groups excluding carboxylic acids is 2. The molecule has 2 aromatic rings. The molecule has 0 unspecified atom stereocenters. The maximum absolute atomic E-state index is 12.0. The lowest BCUT2D eigenvalue weighted by Gasteiger charge is -2.06. The van der Waals surface area contributed by atoms with E-state index in [1.54, 1.807) is 6.20 Å². The first kappa shape index (κ1) is 19.4. The molecule has 2 rings (SSSR count). The Balaban J connectivity index is 1.66. The van der Waals surface area contributed by atoms with Crippen molar-refractivity contribution in [3.63, 3.8) is 0 Å². The smallest absolute Gasteiger partial charge is 0.268 e. The van der Waals surface area contributed by atoms with Gasteiger partial charge in [0.15, 0.2) is 0 Å². The number of aromatic nitrogens is 1. The van der Waals surface area contributed by atoms with Crippen molar-refractivity contribution >= 4 is 34.1 Å². The van der Waals surface area contributed by atoms with Crippen LogP contribution in [-0.2, 0) is 9.59 Å². The molecule has 2 amide bonds. The minimum absolute atomic E-state index is 0.0370. The number of pyridine rings is 1. The highest BCUT2D eigenvalue weighted by Crippen LogP contribution is 2.16. The van der Waals surface area contributed by atoms with Gasteiger partial charge in [-0.2, -0.15) is 0 Å². The number of carbonyl (C=O) groups is 2. The summed E-state index contributed by atoms with van der Waals surface area (Å²) in [7, 11) is 1.50. The van der Waals surface area contributed by atoms with Gasteiger partial charge in [-0.1, -0.05) is 36.2 Å². The maximum atomic E-state index is 12.0. The molecule has 0 aliphatic rings. The summed E-state index contributed by atoms with van der Waals surface area (Å²) in [6.45, 7) is 0. The second-order valence-electron chi connectivity index (χ2n) is 6.00. The van der Waals surface area contributed by atoms with Crippen LogP contribution in [0.15, 0.2) is 41.7 Å². The van der Waals surface area contributed by atoms with Crippen molar-refractivity contribution in [2.45, 2.75) is 38.5 Å². The van der Waals surface area contributed by atoms with E-state index in [1.807, 2.05) is 30.3 Å². The van der Waals surface area contributed by atoms with Crippen molar-refractivity contribution in [1.82, 2.24) is 10.3 Å². The van der Waals surface area contributed by atoms with E-state index in [2.05, 4.69) is 20.8 Å². The van der Waals surface area contributed by atoms with Gasteiger partial charge < -0.3 is 15.8 Å². The highest BCUT2D eigenvalue weighted by molar-refractivity contribution is 6.38. The van der Waals surface area contributed by atoms with Gasteiger partial charge in [-0.3, -0.25) is 14.6 Å². The first-order valence-corrected chi connectivity index (χ1v) is 8.71. The zero-order valence-corrected chi connectivity index (χ0v) is 14.9. The molecule has 0 bridgehead atoms. The lowest BCUT2D eigenvalue weighted by Crippen LogP contribution is -2.27. The third-order valence-electron chi connectivity index (χ3n) is 4.05. The molecule has 0 atom stereocenters. The Morgan fingerprint density at radius 2 is 1.85 bits per heavy atom. The number of fused-ring (bicyclic) bond motifs is 1. The van der Waals surface area contributed by atoms with Gasteiger partial charge in [-0.05, 0) is 31.4 Å². The predicted molar refractivity (Wildman–Crippen MR) is 101 cm³/mol. The molecule has 3 N–H and O–H groups in total. The minimum Gasteiger partial charge on any atom is -0.410 e. The number of unbranched alkanes of at least 4 members (excludes halogenated alkanes) is 3. The Morgan fingerprint density at radius 3 is 2.58 bits per heavy atom. The SMILES string of the molecule is CNC(=O)/C(CCCCCCC(=O)Nc1cnc2ccccc2c1)=N/O. The van der Waals surface area contributed by atoms with Crippen molar-refractivity contribution in [2.75, 3.05) is 12.4 Å². The van der Waals surface area contributed by atoms with E-state index in [1.165, 1.54) is 7.05 Å². The highest BCUT2D eigenvalue weighted by atomic mass is 16.4. The van der Waals surface area contributed by atoms with Crippen LogP contribution in [0, 0.1) is 0 Å². The standard InChI is InChI=1S/C19H24N4O3/c1-20-19(25)17(23-26)10-4-2-3-5-11-18(24)22-15-12-14-8-6-7-9-16(14)21-13-15/h6-9,12-13,26H,2-5,10-11H2,1H3,(H,20,25)(H,22,24)/b23-17+. The summed E-state index contributed by atoms with van der Waals surface area (Å²) < 4.78 is 0. The predicted octanol–water partition coefficient (Wildman–Crippen LogP) is 3.09. The molecule has 1 heterocycles. The van der Waals surface area contributed by atoms with Gasteiger partial charge in [-0.15, -0.1) is 0 Å². The summed E-state index contributed by atoms with van der Waals surface area (Å²) in [6, 6.07) is 9.66. The summed E-state index contributed by atoms with van der Waals surface area (Å²) in [5.74, 6) is -0.402. The van der Waals surface area contributed by atoms with Crippen molar-refractivity contribution in [1.29, 1.82) is 0 Å². The first-order chi connectivity index (χ1) is 12.6. The van der Waals surface area contributed by atoms with Crippen molar-refractivity contribution in [3.05, 3.63) is 36.5 Å². The molecule has 1 aromatic heterocycles. The Labute approximate surface area is 152 Å². The third-order valence-corrected chi connectivity index (χ3v) is 4.05. The molecule has 0 aliphatic carbocycles. The first-order valence-electron chi connectivity index (χ1n) is 8.71. The molecule has 0 spiro atoms. The number of nitrogens with zero attached hydrogens (tertiary/aromatic N) is 2. The van der Waals surface area contributed by atoms with Crippen LogP contribution >= 0.6 is 0 Å². The second-order valence-corrected chi connectivity index (χ2v) is 6.00. The van der Waals surface area contributed by atoms with Crippen molar-refractivity contribution in [2.24, 2.45) is 5.16 Å². The van der Waals surface area contributed by atoms with Gasteiger partial charge in [0.2, 0.25) is 5.91 Å². The maximum Gasteiger partial charge on any atom is 0.268 e. The average molecular weight is 356 g/mol. The number of benzene rings is 1. The van der Waals surface area contributed by atoms with Gasteiger partial charge in [0.05, 0.1) is 17.4 Å². The highest BCUT2D eigenvalue weighted by Gasteiger charge is 2.09. The van der Waals surface area contributed by atoms with Gasteiger partial charge in [-0.25, -0.2) is 0 Å². The molecular weight excluding hydrogens is 332 g/mol. The Hall–Kier alpha value is -2.96. The molecule has 7 heteroatoms. The van der Waals surface area contributed by atoms with E-state index < -0.39 is 0 Å². The number of rotatable bonds is 9.